The Balaban J connectivity index is 1.87. The molecule has 0 spiro atoms. The molecule has 0 fully saturated rings. The number of allylic oxidation sites excluding steroid dienone is 3. The van der Waals surface area contributed by atoms with Crippen molar-refractivity contribution in [2.24, 2.45) is 5.41 Å². The highest BCUT2D eigenvalue weighted by Gasteiger charge is 2.36. The van der Waals surface area contributed by atoms with E-state index in [1.54, 1.807) is 48.5 Å². The van der Waals surface area contributed by atoms with Crippen molar-refractivity contribution < 1.29 is 18.1 Å². The van der Waals surface area contributed by atoms with Crippen LogP contribution >= 0.6 is 7.82 Å². The van der Waals surface area contributed by atoms with Crippen molar-refractivity contribution in [1.82, 2.24) is 0 Å². The SMILES string of the molecule is C=C1C=C(OP(=O)(Oc2ccccc2)Oc2ccccc2)CC(C)(C)C1. The van der Waals surface area contributed by atoms with Gasteiger partial charge >= 0.3 is 7.82 Å². The van der Waals surface area contributed by atoms with Gasteiger partial charge in [-0.15, -0.1) is 0 Å². The average Bonchev–Trinajstić information content (AvgIpc) is 2.54. The molecule has 0 heterocycles. The summed E-state index contributed by atoms with van der Waals surface area (Å²) in [6.45, 7) is 8.27. The first-order valence-corrected chi connectivity index (χ1v) is 9.97. The first kappa shape index (κ1) is 18.3. The van der Waals surface area contributed by atoms with Crippen LogP contribution in [0.1, 0.15) is 26.7 Å². The molecule has 0 aromatic heterocycles. The van der Waals surface area contributed by atoms with Gasteiger partial charge in [0, 0.05) is 6.42 Å². The number of rotatable bonds is 6. The Morgan fingerprint density at radius 2 is 1.35 bits per heavy atom. The highest BCUT2D eigenvalue weighted by molar-refractivity contribution is 7.49. The van der Waals surface area contributed by atoms with Gasteiger partial charge in [0.1, 0.15) is 17.3 Å². The molecule has 4 nitrogen and oxygen atoms in total. The summed E-state index contributed by atoms with van der Waals surface area (Å²) < 4.78 is 30.5. The number of benzene rings is 2. The van der Waals surface area contributed by atoms with Crippen LogP contribution in [0.25, 0.3) is 0 Å². The Morgan fingerprint density at radius 3 is 1.81 bits per heavy atom. The zero-order valence-electron chi connectivity index (χ0n) is 15.1. The molecule has 0 amide bonds. The van der Waals surface area contributed by atoms with Gasteiger partial charge in [0.2, 0.25) is 0 Å². The molecule has 0 aliphatic heterocycles. The van der Waals surface area contributed by atoms with Crippen LogP contribution in [0, 0.1) is 5.41 Å². The zero-order chi connectivity index (χ0) is 18.6. The van der Waals surface area contributed by atoms with Crippen LogP contribution in [0.15, 0.2) is 84.7 Å². The monoisotopic (exact) mass is 370 g/mol. The summed E-state index contributed by atoms with van der Waals surface area (Å²) in [5, 5.41) is 0. The van der Waals surface area contributed by atoms with Gasteiger partial charge < -0.3 is 13.6 Å². The fourth-order valence-corrected chi connectivity index (χ4v) is 4.23. The number of phosphoric acid groups is 1. The smallest absolute Gasteiger partial charge is 0.390 e. The maximum Gasteiger partial charge on any atom is 0.646 e. The minimum Gasteiger partial charge on any atom is -0.390 e. The molecule has 0 bridgehead atoms. The normalized spacial score (nSPS) is 16.5. The fraction of sp³-hybridized carbons (Fsp3) is 0.238. The Hall–Kier alpha value is -2.45. The lowest BCUT2D eigenvalue weighted by Crippen LogP contribution is -2.18. The van der Waals surface area contributed by atoms with Gasteiger partial charge in [-0.1, -0.05) is 62.4 Å². The summed E-state index contributed by atoms with van der Waals surface area (Å²) in [6.07, 6.45) is 3.32. The molecular formula is C21H23O4P. The van der Waals surface area contributed by atoms with E-state index in [1.807, 2.05) is 18.2 Å². The Kier molecular flexibility index (Phi) is 5.24. The quantitative estimate of drug-likeness (QED) is 0.542. The summed E-state index contributed by atoms with van der Waals surface area (Å²) in [4.78, 5) is 0. The van der Waals surface area contributed by atoms with E-state index in [-0.39, 0.29) is 5.41 Å². The minimum atomic E-state index is -3.92. The van der Waals surface area contributed by atoms with Gasteiger partial charge in [0.05, 0.1) is 0 Å². The molecule has 5 heteroatoms. The molecule has 2 aromatic carbocycles. The standard InChI is InChI=1S/C21H23O4P/c1-17-14-20(16-21(2,3)15-17)25-26(22,23-18-10-6-4-7-11-18)24-19-12-8-5-9-13-19/h4-14H,1,15-16H2,2-3H3. The molecule has 136 valence electrons. The van der Waals surface area contributed by atoms with Crippen molar-refractivity contribution in [3.8, 4) is 11.5 Å². The third kappa shape index (κ3) is 5.03. The second-order valence-electron chi connectivity index (χ2n) is 7.13. The largest absolute Gasteiger partial charge is 0.646 e. The van der Waals surface area contributed by atoms with Gasteiger partial charge in [-0.05, 0) is 42.2 Å². The van der Waals surface area contributed by atoms with E-state index in [4.69, 9.17) is 13.6 Å². The lowest BCUT2D eigenvalue weighted by Gasteiger charge is -2.31. The molecule has 26 heavy (non-hydrogen) atoms. The van der Waals surface area contributed by atoms with Gasteiger partial charge in [-0.2, -0.15) is 4.57 Å². The number of para-hydroxylation sites is 2. The summed E-state index contributed by atoms with van der Waals surface area (Å²) in [7, 11) is -3.92. The second kappa shape index (κ2) is 7.43. The van der Waals surface area contributed by atoms with Crippen LogP contribution in [-0.2, 0) is 9.09 Å². The summed E-state index contributed by atoms with van der Waals surface area (Å²) in [5.41, 5.74) is 0.910. The van der Waals surface area contributed by atoms with Gasteiger partial charge in [-0.25, -0.2) is 0 Å². The first-order chi connectivity index (χ1) is 12.3. The van der Waals surface area contributed by atoms with E-state index in [9.17, 15) is 4.57 Å². The van der Waals surface area contributed by atoms with Crippen molar-refractivity contribution in [2.75, 3.05) is 0 Å². The Morgan fingerprint density at radius 1 is 0.846 bits per heavy atom. The number of hydrogen-bond acceptors (Lipinski definition) is 4. The van der Waals surface area contributed by atoms with Crippen LogP contribution in [0.3, 0.4) is 0 Å². The maximum atomic E-state index is 13.4. The van der Waals surface area contributed by atoms with E-state index in [1.165, 1.54) is 0 Å². The molecule has 0 radical (unpaired) electrons. The third-order valence-corrected chi connectivity index (χ3v) is 5.20. The van der Waals surface area contributed by atoms with Crippen LogP contribution in [-0.4, -0.2) is 0 Å². The number of phosphoric ester groups is 1. The van der Waals surface area contributed by atoms with Crippen molar-refractivity contribution in [3.63, 3.8) is 0 Å². The summed E-state index contributed by atoms with van der Waals surface area (Å²) >= 11 is 0. The molecule has 0 saturated carbocycles. The zero-order valence-corrected chi connectivity index (χ0v) is 15.9. The highest BCUT2D eigenvalue weighted by atomic mass is 31.2. The highest BCUT2D eigenvalue weighted by Crippen LogP contribution is 2.53. The van der Waals surface area contributed by atoms with Gasteiger partial charge in [0.15, 0.2) is 0 Å². The molecule has 0 saturated heterocycles. The van der Waals surface area contributed by atoms with E-state index in [0.29, 0.717) is 23.7 Å². The van der Waals surface area contributed by atoms with E-state index in [2.05, 4.69) is 20.4 Å². The van der Waals surface area contributed by atoms with Crippen molar-refractivity contribution >= 4 is 7.82 Å². The predicted molar refractivity (Wildman–Crippen MR) is 103 cm³/mol. The Bertz CT molecular complexity index is 795. The molecule has 1 aliphatic rings. The predicted octanol–water partition coefficient (Wildman–Crippen LogP) is 6.53. The van der Waals surface area contributed by atoms with Crippen LogP contribution in [0.5, 0.6) is 11.5 Å². The molecule has 1 aliphatic carbocycles. The molecule has 0 N–H and O–H groups in total. The first-order valence-electron chi connectivity index (χ1n) is 8.51. The van der Waals surface area contributed by atoms with Gasteiger partial charge in [0.25, 0.3) is 0 Å². The van der Waals surface area contributed by atoms with Crippen LogP contribution in [0.4, 0.5) is 0 Å². The Labute approximate surface area is 154 Å². The molecular weight excluding hydrogens is 347 g/mol. The van der Waals surface area contributed by atoms with Crippen molar-refractivity contribution in [1.29, 1.82) is 0 Å². The second-order valence-corrected chi connectivity index (χ2v) is 8.58. The van der Waals surface area contributed by atoms with Crippen molar-refractivity contribution in [3.05, 3.63) is 84.7 Å². The van der Waals surface area contributed by atoms with Crippen molar-refractivity contribution in [2.45, 2.75) is 26.7 Å². The molecule has 2 aromatic rings. The summed E-state index contributed by atoms with van der Waals surface area (Å²) in [5.74, 6) is 1.39. The van der Waals surface area contributed by atoms with Crippen LogP contribution in [0.2, 0.25) is 0 Å². The van der Waals surface area contributed by atoms with Crippen LogP contribution < -0.4 is 9.05 Å². The molecule has 0 unspecified atom stereocenters. The minimum absolute atomic E-state index is 0.0223. The summed E-state index contributed by atoms with van der Waals surface area (Å²) in [6, 6.07) is 17.7. The lowest BCUT2D eigenvalue weighted by atomic mass is 9.78. The van der Waals surface area contributed by atoms with E-state index in [0.717, 1.165) is 12.0 Å². The topological polar surface area (TPSA) is 44.8 Å². The molecule has 3 rings (SSSR count). The number of hydrogen-bond donors (Lipinski definition) is 0. The maximum absolute atomic E-state index is 13.4. The lowest BCUT2D eigenvalue weighted by molar-refractivity contribution is 0.220. The van der Waals surface area contributed by atoms with E-state index < -0.39 is 7.82 Å². The average molecular weight is 370 g/mol. The molecule has 0 atom stereocenters. The fourth-order valence-electron chi connectivity index (χ4n) is 2.96. The van der Waals surface area contributed by atoms with Gasteiger partial charge in [-0.3, -0.25) is 0 Å². The van der Waals surface area contributed by atoms with E-state index >= 15 is 0 Å². The third-order valence-electron chi connectivity index (χ3n) is 3.87.